The zero-order valence-corrected chi connectivity index (χ0v) is 11.6. The van der Waals surface area contributed by atoms with Crippen LogP contribution in [0.15, 0.2) is 24.3 Å². The number of rotatable bonds is 6. The summed E-state index contributed by atoms with van der Waals surface area (Å²) in [7, 11) is 0. The molecule has 0 spiro atoms. The predicted molar refractivity (Wildman–Crippen MR) is 73.9 cm³/mol. The van der Waals surface area contributed by atoms with Crippen LogP contribution in [0.3, 0.4) is 0 Å². The lowest BCUT2D eigenvalue weighted by molar-refractivity contribution is 0.0952. The molecule has 0 saturated carbocycles. The first-order valence-electron chi connectivity index (χ1n) is 5.64. The molecule has 0 aromatic heterocycles. The molecule has 1 aromatic rings. The fourth-order valence-corrected chi connectivity index (χ4v) is 1.43. The molecule has 0 heterocycles. The molecule has 1 rings (SSSR count). The van der Waals surface area contributed by atoms with Crippen LogP contribution in [0.4, 0.5) is 4.79 Å². The fourth-order valence-electron chi connectivity index (χ4n) is 1.23. The van der Waals surface area contributed by atoms with Crippen LogP contribution in [0.2, 0.25) is 5.02 Å². The van der Waals surface area contributed by atoms with E-state index in [1.54, 1.807) is 24.3 Å². The van der Waals surface area contributed by atoms with Gasteiger partial charge < -0.3 is 15.4 Å². The van der Waals surface area contributed by atoms with Crippen LogP contribution in [-0.4, -0.2) is 37.6 Å². The van der Waals surface area contributed by atoms with E-state index in [-0.39, 0.29) is 24.9 Å². The summed E-state index contributed by atoms with van der Waals surface area (Å²) in [5, 5.41) is 5.70. The van der Waals surface area contributed by atoms with E-state index in [4.69, 9.17) is 23.2 Å². The van der Waals surface area contributed by atoms with Gasteiger partial charge in [0.15, 0.2) is 0 Å². The van der Waals surface area contributed by atoms with Crippen molar-refractivity contribution in [3.8, 4) is 0 Å². The Hall–Kier alpha value is -1.46. The number of amides is 2. The van der Waals surface area contributed by atoms with Gasteiger partial charge in [-0.05, 0) is 24.3 Å². The molecule has 2 amide bonds. The minimum absolute atomic E-state index is 0.157. The van der Waals surface area contributed by atoms with Crippen LogP contribution in [0.1, 0.15) is 10.4 Å². The molecule has 0 unspecified atom stereocenters. The molecule has 0 aliphatic carbocycles. The largest absolute Gasteiger partial charge is 0.448 e. The van der Waals surface area contributed by atoms with Crippen molar-refractivity contribution in [2.45, 2.75) is 0 Å². The second-order valence-electron chi connectivity index (χ2n) is 3.51. The zero-order chi connectivity index (χ0) is 14.1. The maximum Gasteiger partial charge on any atom is 0.407 e. The first-order chi connectivity index (χ1) is 9.13. The number of nitrogens with one attached hydrogen (secondary N) is 2. The fraction of sp³-hybridized carbons (Fsp3) is 0.333. The van der Waals surface area contributed by atoms with Crippen LogP contribution in [0, 0.1) is 0 Å². The van der Waals surface area contributed by atoms with E-state index in [1.165, 1.54) is 0 Å². The molecule has 0 aliphatic rings. The number of alkyl carbamates (subject to hydrolysis) is 1. The van der Waals surface area contributed by atoms with Gasteiger partial charge in [-0.2, -0.15) is 0 Å². The van der Waals surface area contributed by atoms with Crippen molar-refractivity contribution >= 4 is 35.2 Å². The summed E-state index contributed by atoms with van der Waals surface area (Å²) >= 11 is 11.1. The molecule has 0 fully saturated rings. The van der Waals surface area contributed by atoms with Gasteiger partial charge in [0.1, 0.15) is 6.61 Å². The van der Waals surface area contributed by atoms with Gasteiger partial charge in [0, 0.05) is 23.7 Å². The maximum absolute atomic E-state index is 11.7. The number of carbonyl (C=O) groups is 2. The molecule has 0 aliphatic heterocycles. The van der Waals surface area contributed by atoms with E-state index in [0.29, 0.717) is 17.1 Å². The number of benzene rings is 1. The molecule has 0 radical (unpaired) electrons. The number of hydrogen-bond acceptors (Lipinski definition) is 3. The van der Waals surface area contributed by atoms with Gasteiger partial charge in [0.25, 0.3) is 5.91 Å². The molecule has 5 nitrogen and oxygen atoms in total. The maximum atomic E-state index is 11.7. The highest BCUT2D eigenvalue weighted by atomic mass is 35.5. The molecule has 2 N–H and O–H groups in total. The molecule has 1 aromatic carbocycles. The number of halogens is 2. The van der Waals surface area contributed by atoms with E-state index in [0.717, 1.165) is 0 Å². The first kappa shape index (κ1) is 15.6. The first-order valence-corrected chi connectivity index (χ1v) is 6.55. The lowest BCUT2D eigenvalue weighted by atomic mass is 10.2. The summed E-state index contributed by atoms with van der Waals surface area (Å²) < 4.78 is 4.69. The second kappa shape index (κ2) is 8.61. The molecule has 19 heavy (non-hydrogen) atoms. The Bertz CT molecular complexity index is 423. The Morgan fingerprint density at radius 2 is 1.74 bits per heavy atom. The Morgan fingerprint density at radius 1 is 1.11 bits per heavy atom. The topological polar surface area (TPSA) is 67.4 Å². The van der Waals surface area contributed by atoms with Crippen molar-refractivity contribution in [3.05, 3.63) is 34.9 Å². The molecule has 0 atom stereocenters. The summed E-state index contributed by atoms with van der Waals surface area (Å²) in [5.41, 5.74) is 0.508. The third-order valence-electron chi connectivity index (χ3n) is 2.10. The second-order valence-corrected chi connectivity index (χ2v) is 4.33. The van der Waals surface area contributed by atoms with E-state index >= 15 is 0 Å². The average molecular weight is 305 g/mol. The lowest BCUT2D eigenvalue weighted by Crippen LogP contribution is -2.35. The Morgan fingerprint density at radius 3 is 2.37 bits per heavy atom. The molecule has 7 heteroatoms. The van der Waals surface area contributed by atoms with Gasteiger partial charge in [-0.25, -0.2) is 4.79 Å². The minimum atomic E-state index is -0.554. The quantitative estimate of drug-likeness (QED) is 0.624. The van der Waals surface area contributed by atoms with Crippen LogP contribution in [-0.2, 0) is 4.74 Å². The summed E-state index contributed by atoms with van der Waals surface area (Å²) in [6.45, 7) is 0.738. The summed E-state index contributed by atoms with van der Waals surface area (Å²) in [4.78, 5) is 22.7. The molecule has 0 bridgehead atoms. The van der Waals surface area contributed by atoms with E-state index in [9.17, 15) is 9.59 Å². The predicted octanol–water partition coefficient (Wildman–Crippen LogP) is 2.03. The Balaban J connectivity index is 2.20. The van der Waals surface area contributed by atoms with Crippen LogP contribution < -0.4 is 10.6 Å². The average Bonchev–Trinajstić information content (AvgIpc) is 2.41. The monoisotopic (exact) mass is 304 g/mol. The van der Waals surface area contributed by atoms with Gasteiger partial charge >= 0.3 is 6.09 Å². The highest BCUT2D eigenvalue weighted by Crippen LogP contribution is 2.08. The van der Waals surface area contributed by atoms with Gasteiger partial charge in [-0.15, -0.1) is 11.6 Å². The van der Waals surface area contributed by atoms with E-state index < -0.39 is 6.09 Å². The van der Waals surface area contributed by atoms with Crippen molar-refractivity contribution in [2.24, 2.45) is 0 Å². The van der Waals surface area contributed by atoms with Crippen LogP contribution in [0.5, 0.6) is 0 Å². The van der Waals surface area contributed by atoms with Crippen molar-refractivity contribution in [1.29, 1.82) is 0 Å². The molecular weight excluding hydrogens is 291 g/mol. The van der Waals surface area contributed by atoms with Gasteiger partial charge in [-0.3, -0.25) is 4.79 Å². The number of hydrogen-bond donors (Lipinski definition) is 2. The minimum Gasteiger partial charge on any atom is -0.448 e. The number of alkyl halides is 1. The molecule has 0 saturated heterocycles. The number of ether oxygens (including phenoxy) is 1. The highest BCUT2D eigenvalue weighted by Gasteiger charge is 2.05. The SMILES string of the molecule is O=C(NCCNC(=O)c1ccc(Cl)cc1)OCCCl. The van der Waals surface area contributed by atoms with Crippen molar-refractivity contribution in [2.75, 3.05) is 25.6 Å². The van der Waals surface area contributed by atoms with E-state index in [2.05, 4.69) is 15.4 Å². The molecular formula is C12H14Cl2N2O3. The third kappa shape index (κ3) is 6.31. The standard InChI is InChI=1S/C12H14Cl2N2O3/c13-5-8-19-12(18)16-7-6-15-11(17)9-1-3-10(14)4-2-9/h1-4H,5-8H2,(H,15,17)(H,16,18). The van der Waals surface area contributed by atoms with Crippen LogP contribution in [0.25, 0.3) is 0 Å². The van der Waals surface area contributed by atoms with Crippen molar-refractivity contribution in [1.82, 2.24) is 10.6 Å². The summed E-state index contributed by atoms with van der Waals surface area (Å²) in [5.74, 6) is 0.0216. The Labute approximate surface area is 121 Å². The van der Waals surface area contributed by atoms with Crippen LogP contribution >= 0.6 is 23.2 Å². The third-order valence-corrected chi connectivity index (χ3v) is 2.50. The molecule has 104 valence electrons. The van der Waals surface area contributed by atoms with Crippen molar-refractivity contribution in [3.63, 3.8) is 0 Å². The highest BCUT2D eigenvalue weighted by molar-refractivity contribution is 6.30. The van der Waals surface area contributed by atoms with Gasteiger partial charge in [-0.1, -0.05) is 11.6 Å². The number of carbonyl (C=O) groups excluding carboxylic acids is 2. The normalized spacial score (nSPS) is 9.79. The zero-order valence-electron chi connectivity index (χ0n) is 10.1. The van der Waals surface area contributed by atoms with Gasteiger partial charge in [0.05, 0.1) is 5.88 Å². The summed E-state index contributed by atoms with van der Waals surface area (Å²) in [6.07, 6.45) is -0.554. The Kier molecular flexibility index (Phi) is 7.07. The van der Waals surface area contributed by atoms with Crippen molar-refractivity contribution < 1.29 is 14.3 Å². The van der Waals surface area contributed by atoms with Gasteiger partial charge in [0.2, 0.25) is 0 Å². The summed E-state index contributed by atoms with van der Waals surface area (Å²) in [6, 6.07) is 6.52. The van der Waals surface area contributed by atoms with E-state index in [1.807, 2.05) is 0 Å². The smallest absolute Gasteiger partial charge is 0.407 e. The lowest BCUT2D eigenvalue weighted by Gasteiger charge is -2.07.